The fraction of sp³-hybridized carbons (Fsp3) is 0.400. The molecule has 0 spiro atoms. The monoisotopic (exact) mass is 149 g/mol. The van der Waals surface area contributed by atoms with E-state index in [1.165, 1.54) is 11.1 Å². The predicted molar refractivity (Wildman–Crippen MR) is 49.2 cm³/mol. The summed E-state index contributed by atoms with van der Waals surface area (Å²) < 4.78 is 0. The third-order valence-corrected chi connectivity index (χ3v) is 1.89. The molecule has 0 radical (unpaired) electrons. The Labute approximate surface area is 68.5 Å². The van der Waals surface area contributed by atoms with Crippen LogP contribution in [0.5, 0.6) is 0 Å². The molecule has 1 heterocycles. The maximum atomic E-state index is 3.98. The van der Waals surface area contributed by atoms with Crippen molar-refractivity contribution in [1.29, 1.82) is 0 Å². The molecule has 1 aliphatic rings. The molecule has 0 atom stereocenters. The summed E-state index contributed by atoms with van der Waals surface area (Å²) in [6.07, 6.45) is 2.08. The Balaban J connectivity index is 2.88. The van der Waals surface area contributed by atoms with Gasteiger partial charge >= 0.3 is 0 Å². The molecule has 0 saturated heterocycles. The zero-order valence-electron chi connectivity index (χ0n) is 7.28. The number of hydrogen-bond acceptors (Lipinski definition) is 1. The molecule has 0 fully saturated rings. The van der Waals surface area contributed by atoms with Gasteiger partial charge in [0, 0.05) is 12.2 Å². The van der Waals surface area contributed by atoms with Gasteiger partial charge in [-0.1, -0.05) is 27.0 Å². The average molecular weight is 149 g/mol. The third kappa shape index (κ3) is 1.73. The summed E-state index contributed by atoms with van der Waals surface area (Å²) in [7, 11) is 0. The zero-order valence-corrected chi connectivity index (χ0v) is 7.28. The van der Waals surface area contributed by atoms with E-state index in [9.17, 15) is 0 Å². The molecule has 0 unspecified atom stereocenters. The molecule has 0 aromatic carbocycles. The summed E-state index contributed by atoms with van der Waals surface area (Å²) in [4.78, 5) is 0. The highest BCUT2D eigenvalue weighted by Gasteiger charge is 2.11. The zero-order chi connectivity index (χ0) is 8.43. The summed E-state index contributed by atoms with van der Waals surface area (Å²) in [5, 5.41) is 3.15. The maximum Gasteiger partial charge on any atom is 0.0397 e. The Bertz CT molecular complexity index is 221. The number of allylic oxidation sites excluding steroid dienone is 1. The standard InChI is InChI=1S/C10H15N/c1-7(2)10-5-9(4)11-6-8(10)3/h5,7,11H,3-4,6H2,1-2H3. The highest BCUT2D eigenvalue weighted by Crippen LogP contribution is 2.21. The van der Waals surface area contributed by atoms with Crippen molar-refractivity contribution in [2.45, 2.75) is 13.8 Å². The summed E-state index contributed by atoms with van der Waals surface area (Å²) in [6.45, 7) is 13.0. The molecular weight excluding hydrogens is 134 g/mol. The van der Waals surface area contributed by atoms with Crippen molar-refractivity contribution >= 4 is 0 Å². The van der Waals surface area contributed by atoms with Gasteiger partial charge in [0.2, 0.25) is 0 Å². The number of hydrogen-bond donors (Lipinski definition) is 1. The van der Waals surface area contributed by atoms with Crippen molar-refractivity contribution in [3.05, 3.63) is 36.1 Å². The molecule has 0 saturated carbocycles. The highest BCUT2D eigenvalue weighted by molar-refractivity contribution is 5.40. The van der Waals surface area contributed by atoms with Crippen molar-refractivity contribution < 1.29 is 0 Å². The lowest BCUT2D eigenvalue weighted by Crippen LogP contribution is -2.21. The van der Waals surface area contributed by atoms with E-state index >= 15 is 0 Å². The van der Waals surface area contributed by atoms with Gasteiger partial charge in [0.05, 0.1) is 0 Å². The highest BCUT2D eigenvalue weighted by atomic mass is 14.9. The van der Waals surface area contributed by atoms with Crippen LogP contribution in [0.15, 0.2) is 36.1 Å². The second kappa shape index (κ2) is 2.95. The summed E-state index contributed by atoms with van der Waals surface area (Å²) in [5.74, 6) is 0.557. The first-order valence-electron chi connectivity index (χ1n) is 3.93. The molecule has 1 aliphatic heterocycles. The van der Waals surface area contributed by atoms with Crippen LogP contribution in [-0.4, -0.2) is 6.54 Å². The summed E-state index contributed by atoms with van der Waals surface area (Å²) >= 11 is 0. The Morgan fingerprint density at radius 3 is 2.55 bits per heavy atom. The van der Waals surface area contributed by atoms with E-state index < -0.39 is 0 Å². The Kier molecular flexibility index (Phi) is 2.18. The van der Waals surface area contributed by atoms with Gasteiger partial charge in [-0.2, -0.15) is 0 Å². The largest absolute Gasteiger partial charge is 0.381 e. The second-order valence-electron chi connectivity index (χ2n) is 3.24. The SMILES string of the molecule is C=C1C=C(C(C)C)C(=C)CN1. The summed E-state index contributed by atoms with van der Waals surface area (Å²) in [5.41, 5.74) is 3.52. The lowest BCUT2D eigenvalue weighted by atomic mass is 9.93. The fourth-order valence-corrected chi connectivity index (χ4v) is 1.24. The van der Waals surface area contributed by atoms with E-state index in [0.29, 0.717) is 5.92 Å². The Morgan fingerprint density at radius 2 is 2.09 bits per heavy atom. The lowest BCUT2D eigenvalue weighted by Gasteiger charge is -2.21. The van der Waals surface area contributed by atoms with E-state index in [2.05, 4.69) is 38.4 Å². The van der Waals surface area contributed by atoms with Crippen LogP contribution in [0.3, 0.4) is 0 Å². The van der Waals surface area contributed by atoms with E-state index in [-0.39, 0.29) is 0 Å². The van der Waals surface area contributed by atoms with Gasteiger partial charge in [0.15, 0.2) is 0 Å². The first-order valence-corrected chi connectivity index (χ1v) is 3.93. The molecule has 1 rings (SSSR count). The second-order valence-corrected chi connectivity index (χ2v) is 3.24. The van der Waals surface area contributed by atoms with Crippen molar-refractivity contribution in [2.75, 3.05) is 6.54 Å². The normalized spacial score (nSPS) is 18.3. The number of rotatable bonds is 1. The van der Waals surface area contributed by atoms with Crippen LogP contribution < -0.4 is 5.32 Å². The molecule has 0 amide bonds. The first-order chi connectivity index (χ1) is 5.11. The van der Waals surface area contributed by atoms with E-state index in [1.54, 1.807) is 0 Å². The average Bonchev–Trinajstić information content (AvgIpc) is 1.94. The van der Waals surface area contributed by atoms with Crippen LogP contribution in [0, 0.1) is 5.92 Å². The molecule has 1 heteroatoms. The van der Waals surface area contributed by atoms with E-state index in [1.807, 2.05) is 0 Å². The minimum absolute atomic E-state index is 0.557. The van der Waals surface area contributed by atoms with Crippen LogP contribution in [0.4, 0.5) is 0 Å². The van der Waals surface area contributed by atoms with Crippen LogP contribution in [-0.2, 0) is 0 Å². The summed E-state index contributed by atoms with van der Waals surface area (Å²) in [6, 6.07) is 0. The predicted octanol–water partition coefficient (Wildman–Crippen LogP) is 2.24. The minimum Gasteiger partial charge on any atom is -0.381 e. The van der Waals surface area contributed by atoms with Gasteiger partial charge < -0.3 is 5.32 Å². The van der Waals surface area contributed by atoms with Crippen LogP contribution in [0.25, 0.3) is 0 Å². The molecule has 0 aliphatic carbocycles. The van der Waals surface area contributed by atoms with Crippen molar-refractivity contribution in [3.63, 3.8) is 0 Å². The molecule has 0 aromatic rings. The smallest absolute Gasteiger partial charge is 0.0397 e. The van der Waals surface area contributed by atoms with Crippen molar-refractivity contribution in [2.24, 2.45) is 5.92 Å². The molecule has 0 bridgehead atoms. The molecule has 11 heavy (non-hydrogen) atoms. The van der Waals surface area contributed by atoms with Crippen LogP contribution >= 0.6 is 0 Å². The Hall–Kier alpha value is -0.980. The van der Waals surface area contributed by atoms with Crippen molar-refractivity contribution in [3.8, 4) is 0 Å². The molecule has 60 valence electrons. The molecule has 1 N–H and O–H groups in total. The Morgan fingerprint density at radius 1 is 1.45 bits per heavy atom. The first kappa shape index (κ1) is 8.12. The molecular formula is C10H15N. The number of nitrogens with one attached hydrogen (secondary N) is 1. The van der Waals surface area contributed by atoms with Crippen LogP contribution in [0.1, 0.15) is 13.8 Å². The van der Waals surface area contributed by atoms with E-state index in [4.69, 9.17) is 0 Å². The van der Waals surface area contributed by atoms with Crippen molar-refractivity contribution in [1.82, 2.24) is 5.32 Å². The van der Waals surface area contributed by atoms with Gasteiger partial charge in [-0.05, 0) is 23.1 Å². The van der Waals surface area contributed by atoms with Gasteiger partial charge in [0.1, 0.15) is 0 Å². The quantitative estimate of drug-likeness (QED) is 0.603. The molecule has 0 aromatic heterocycles. The third-order valence-electron chi connectivity index (χ3n) is 1.89. The van der Waals surface area contributed by atoms with Gasteiger partial charge in [-0.3, -0.25) is 0 Å². The van der Waals surface area contributed by atoms with Gasteiger partial charge in [-0.25, -0.2) is 0 Å². The maximum absolute atomic E-state index is 3.98. The molecule has 1 nitrogen and oxygen atoms in total. The van der Waals surface area contributed by atoms with Crippen LogP contribution in [0.2, 0.25) is 0 Å². The minimum atomic E-state index is 0.557. The fourth-order valence-electron chi connectivity index (χ4n) is 1.24. The van der Waals surface area contributed by atoms with E-state index in [0.717, 1.165) is 12.2 Å². The van der Waals surface area contributed by atoms with Gasteiger partial charge in [-0.15, -0.1) is 0 Å². The lowest BCUT2D eigenvalue weighted by molar-refractivity contribution is 0.737. The van der Waals surface area contributed by atoms with Gasteiger partial charge in [0.25, 0.3) is 0 Å². The topological polar surface area (TPSA) is 12.0 Å².